The Morgan fingerprint density at radius 3 is 2.10 bits per heavy atom. The van der Waals surface area contributed by atoms with Crippen LogP contribution in [0.5, 0.6) is 0 Å². The van der Waals surface area contributed by atoms with Crippen molar-refractivity contribution in [3.63, 3.8) is 0 Å². The second-order valence-corrected chi connectivity index (χ2v) is 9.05. The lowest BCUT2D eigenvalue weighted by atomic mass is 9.78. The third-order valence-corrected chi connectivity index (χ3v) is 6.01. The number of pyridine rings is 1. The summed E-state index contributed by atoms with van der Waals surface area (Å²) in [7, 11) is 0. The molecule has 9 nitrogen and oxygen atoms in total. The normalized spacial score (nSPS) is 19.7. The van der Waals surface area contributed by atoms with Gasteiger partial charge in [-0.2, -0.15) is 26.3 Å². The number of likely N-dealkylation sites (tertiary alicyclic amines) is 2. The second kappa shape index (κ2) is 13.0. The average Bonchev–Trinajstić information content (AvgIpc) is 3.37. The van der Waals surface area contributed by atoms with Gasteiger partial charge in [0.15, 0.2) is 0 Å². The van der Waals surface area contributed by atoms with Gasteiger partial charge in [-0.3, -0.25) is 14.7 Å². The fourth-order valence-electron chi connectivity index (χ4n) is 4.29. The first-order chi connectivity index (χ1) is 18.0. The highest BCUT2D eigenvalue weighted by molar-refractivity contribution is 5.85. The Morgan fingerprint density at radius 2 is 1.62 bits per heavy atom. The highest BCUT2D eigenvalue weighted by atomic mass is 19.4. The van der Waals surface area contributed by atoms with Crippen molar-refractivity contribution < 1.29 is 55.4 Å². The lowest BCUT2D eigenvalue weighted by Gasteiger charge is -2.38. The number of nitrogens with zero attached hydrogens (tertiary/aromatic N) is 3. The quantitative estimate of drug-likeness (QED) is 0.526. The van der Waals surface area contributed by atoms with E-state index in [-0.39, 0.29) is 5.41 Å². The number of alkyl halides is 6. The molecule has 0 aliphatic carbocycles. The molecule has 2 aromatic rings. The van der Waals surface area contributed by atoms with Crippen molar-refractivity contribution >= 4 is 17.8 Å². The van der Waals surface area contributed by atoms with Crippen molar-refractivity contribution in [3.8, 4) is 0 Å². The summed E-state index contributed by atoms with van der Waals surface area (Å²) in [6.07, 6.45) is -3.51. The van der Waals surface area contributed by atoms with Crippen molar-refractivity contribution in [2.24, 2.45) is 5.41 Å². The predicted octanol–water partition coefficient (Wildman–Crippen LogP) is 4.26. The molecule has 15 heteroatoms. The van der Waals surface area contributed by atoms with E-state index in [9.17, 15) is 31.1 Å². The molecular formula is C24H27F6N3O6. The summed E-state index contributed by atoms with van der Waals surface area (Å²) in [5.74, 6) is -3.26. The molecule has 2 saturated heterocycles. The molecule has 216 valence electrons. The van der Waals surface area contributed by atoms with E-state index in [1.165, 1.54) is 0 Å². The van der Waals surface area contributed by atoms with Gasteiger partial charge in [-0.05, 0) is 56.5 Å². The Kier molecular flexibility index (Phi) is 10.5. The first kappa shape index (κ1) is 31.6. The highest BCUT2D eigenvalue weighted by Gasteiger charge is 2.48. The molecule has 0 aromatic carbocycles. The number of piperidine rings is 1. The smallest absolute Gasteiger partial charge is 0.475 e. The van der Waals surface area contributed by atoms with Crippen molar-refractivity contribution in [1.29, 1.82) is 0 Å². The zero-order valence-corrected chi connectivity index (χ0v) is 20.8. The minimum atomic E-state index is -5.08. The first-order valence-corrected chi connectivity index (χ1v) is 11.6. The highest BCUT2D eigenvalue weighted by Crippen LogP contribution is 2.41. The van der Waals surface area contributed by atoms with Crippen LogP contribution >= 0.6 is 0 Å². The van der Waals surface area contributed by atoms with Gasteiger partial charge in [0.25, 0.3) is 0 Å². The minimum absolute atomic E-state index is 0.206. The van der Waals surface area contributed by atoms with E-state index in [0.29, 0.717) is 12.5 Å². The number of rotatable bonds is 4. The molecule has 4 heterocycles. The van der Waals surface area contributed by atoms with Crippen molar-refractivity contribution in [2.75, 3.05) is 19.6 Å². The van der Waals surface area contributed by atoms with Gasteiger partial charge < -0.3 is 19.5 Å². The minimum Gasteiger partial charge on any atom is -0.475 e. The van der Waals surface area contributed by atoms with E-state index in [1.807, 2.05) is 42.3 Å². The molecule has 1 spiro atoms. The van der Waals surface area contributed by atoms with Crippen LogP contribution in [0.3, 0.4) is 0 Å². The average molecular weight is 567 g/mol. The first-order valence-electron chi connectivity index (χ1n) is 11.6. The third-order valence-electron chi connectivity index (χ3n) is 6.01. The zero-order chi connectivity index (χ0) is 29.4. The number of carbonyl (C=O) groups is 3. The summed E-state index contributed by atoms with van der Waals surface area (Å²) in [5, 5.41) is 14.2. The van der Waals surface area contributed by atoms with E-state index >= 15 is 0 Å². The topological polar surface area (TPSA) is 124 Å². The Morgan fingerprint density at radius 1 is 1.00 bits per heavy atom. The molecule has 1 unspecified atom stereocenters. The van der Waals surface area contributed by atoms with Crippen molar-refractivity contribution in [3.05, 3.63) is 53.7 Å². The van der Waals surface area contributed by atoms with Crippen molar-refractivity contribution in [1.82, 2.24) is 14.8 Å². The Hall–Kier alpha value is -3.62. The molecule has 2 N–H and O–H groups in total. The number of aliphatic carboxylic acids is 2. The number of aryl methyl sites for hydroxylation is 1. The summed E-state index contributed by atoms with van der Waals surface area (Å²) < 4.78 is 69.2. The van der Waals surface area contributed by atoms with E-state index in [0.717, 1.165) is 62.5 Å². The number of halogens is 6. The SMILES string of the molecule is Cc1ccc(CN2CCCC3(CCN(Cc4cccnc4)C3=O)C2)o1.O=C(O)C(F)(F)F.O=C(O)C(F)(F)F. The predicted molar refractivity (Wildman–Crippen MR) is 122 cm³/mol. The van der Waals surface area contributed by atoms with Gasteiger partial charge in [0.1, 0.15) is 11.5 Å². The summed E-state index contributed by atoms with van der Waals surface area (Å²) in [6, 6.07) is 8.02. The van der Waals surface area contributed by atoms with Gasteiger partial charge in [-0.15, -0.1) is 0 Å². The summed E-state index contributed by atoms with van der Waals surface area (Å²) in [5.41, 5.74) is 0.897. The standard InChI is InChI=1S/C20H25N3O2.2C2HF3O2/c1-16-5-6-18(25-16)14-22-10-3-7-20(15-22)8-11-23(19(20)24)13-17-4-2-9-21-12-17;2*3-2(4,5)1(6)7/h2,4-6,9,12H,3,7-8,10-11,13-15H2,1H3;2*(H,6,7). The van der Waals surface area contributed by atoms with Crippen molar-refractivity contribution in [2.45, 2.75) is 51.6 Å². The molecule has 2 fully saturated rings. The van der Waals surface area contributed by atoms with E-state index < -0.39 is 24.3 Å². The summed E-state index contributed by atoms with van der Waals surface area (Å²) in [6.45, 7) is 6.17. The van der Waals surface area contributed by atoms with Crippen LogP contribution in [-0.2, 0) is 27.5 Å². The van der Waals surface area contributed by atoms with Gasteiger partial charge in [0.05, 0.1) is 12.0 Å². The van der Waals surface area contributed by atoms with Gasteiger partial charge in [0.2, 0.25) is 5.91 Å². The molecule has 0 radical (unpaired) electrons. The number of carboxylic acids is 2. The fraction of sp³-hybridized carbons (Fsp3) is 0.500. The van der Waals surface area contributed by atoms with Gasteiger partial charge in [0, 0.05) is 32.0 Å². The van der Waals surface area contributed by atoms with Gasteiger partial charge in [-0.1, -0.05) is 6.07 Å². The molecule has 2 aromatic heterocycles. The number of hydrogen-bond donors (Lipinski definition) is 2. The van der Waals surface area contributed by atoms with Crippen LogP contribution < -0.4 is 0 Å². The van der Waals surface area contributed by atoms with Gasteiger partial charge >= 0.3 is 24.3 Å². The largest absolute Gasteiger partial charge is 0.490 e. The molecule has 1 atom stereocenters. The van der Waals surface area contributed by atoms with Gasteiger partial charge in [-0.25, -0.2) is 9.59 Å². The Balaban J connectivity index is 0.000000317. The molecule has 4 rings (SSSR count). The van der Waals surface area contributed by atoms with Crippen LogP contribution in [0, 0.1) is 12.3 Å². The number of hydrogen-bond acceptors (Lipinski definition) is 6. The Bertz CT molecular complexity index is 1100. The van der Waals surface area contributed by atoms with Crippen LogP contribution in [0.25, 0.3) is 0 Å². The van der Waals surface area contributed by atoms with Crippen LogP contribution in [0.15, 0.2) is 41.1 Å². The number of furan rings is 1. The molecule has 0 bridgehead atoms. The van der Waals surface area contributed by atoms with Crippen LogP contribution in [-0.4, -0.2) is 74.8 Å². The summed E-state index contributed by atoms with van der Waals surface area (Å²) >= 11 is 0. The summed E-state index contributed by atoms with van der Waals surface area (Å²) in [4.78, 5) is 39.5. The number of carbonyl (C=O) groups excluding carboxylic acids is 1. The van der Waals surface area contributed by atoms with Crippen LogP contribution in [0.1, 0.15) is 36.3 Å². The monoisotopic (exact) mass is 567 g/mol. The zero-order valence-electron chi connectivity index (χ0n) is 20.8. The molecule has 1 amide bonds. The molecule has 2 aliphatic heterocycles. The van der Waals surface area contributed by atoms with Crippen LogP contribution in [0.2, 0.25) is 0 Å². The maximum absolute atomic E-state index is 13.1. The van der Waals surface area contributed by atoms with E-state index in [1.54, 1.807) is 6.20 Å². The number of amides is 1. The van der Waals surface area contributed by atoms with Crippen LogP contribution in [0.4, 0.5) is 26.3 Å². The molecular weight excluding hydrogens is 540 g/mol. The molecule has 0 saturated carbocycles. The fourth-order valence-corrected chi connectivity index (χ4v) is 4.29. The second-order valence-electron chi connectivity index (χ2n) is 9.05. The maximum atomic E-state index is 13.1. The lowest BCUT2D eigenvalue weighted by molar-refractivity contribution is -0.193. The lowest BCUT2D eigenvalue weighted by Crippen LogP contribution is -2.47. The number of carboxylic acid groups (broad SMARTS) is 2. The van der Waals surface area contributed by atoms with E-state index in [2.05, 4.69) is 9.88 Å². The Labute approximate surface area is 219 Å². The maximum Gasteiger partial charge on any atom is 0.490 e. The molecule has 2 aliphatic rings. The van der Waals surface area contributed by atoms with E-state index in [4.69, 9.17) is 24.2 Å². The molecule has 39 heavy (non-hydrogen) atoms. The third kappa shape index (κ3) is 9.57. The number of aromatic nitrogens is 1.